The molecule has 1 aromatic heterocycles. The normalized spacial score (nSPS) is 14.7. The molecule has 0 unspecified atom stereocenters. The lowest BCUT2D eigenvalue weighted by atomic mass is 10.1. The van der Waals surface area contributed by atoms with Gasteiger partial charge in [0.15, 0.2) is 0 Å². The summed E-state index contributed by atoms with van der Waals surface area (Å²) in [6.07, 6.45) is 2.21. The van der Waals surface area contributed by atoms with Gasteiger partial charge in [0, 0.05) is 38.0 Å². The molecule has 2 heterocycles. The van der Waals surface area contributed by atoms with Crippen LogP contribution in [0.3, 0.4) is 0 Å². The minimum Gasteiger partial charge on any atom is -0.310 e. The third-order valence-corrected chi connectivity index (χ3v) is 4.50. The first-order valence-electron chi connectivity index (χ1n) is 7.95. The molecule has 1 aromatic carbocycles. The van der Waals surface area contributed by atoms with Crippen LogP contribution in [-0.2, 0) is 25.9 Å². The summed E-state index contributed by atoms with van der Waals surface area (Å²) >= 11 is 5.73. The average molecular weight is 354 g/mol. The van der Waals surface area contributed by atoms with Crippen LogP contribution < -0.4 is 5.56 Å². The van der Waals surface area contributed by atoms with Crippen molar-refractivity contribution >= 4 is 11.6 Å². The summed E-state index contributed by atoms with van der Waals surface area (Å²) < 4.78 is 27.9. The zero-order chi connectivity index (χ0) is 17.3. The number of hydrogen-bond donors (Lipinski definition) is 1. The highest BCUT2D eigenvalue weighted by molar-refractivity contribution is 6.30. The molecule has 1 aliphatic rings. The maximum atomic E-state index is 14.1. The molecule has 7 heteroatoms. The Hall–Kier alpha value is -1.79. The van der Waals surface area contributed by atoms with Gasteiger partial charge >= 0.3 is 0 Å². The molecule has 1 aliphatic heterocycles. The second-order valence-electron chi connectivity index (χ2n) is 5.97. The van der Waals surface area contributed by atoms with E-state index in [0.717, 1.165) is 24.6 Å². The van der Waals surface area contributed by atoms with Crippen LogP contribution in [0.4, 0.5) is 8.78 Å². The van der Waals surface area contributed by atoms with E-state index in [9.17, 15) is 13.6 Å². The number of benzene rings is 1. The summed E-state index contributed by atoms with van der Waals surface area (Å²) in [5.74, 6) is -0.678. The Bertz CT molecular complexity index is 822. The molecule has 0 radical (unpaired) electrons. The first-order valence-corrected chi connectivity index (χ1v) is 8.33. The van der Waals surface area contributed by atoms with Gasteiger partial charge in [-0.3, -0.25) is 9.69 Å². The van der Waals surface area contributed by atoms with Gasteiger partial charge in [-0.15, -0.1) is 0 Å². The summed E-state index contributed by atoms with van der Waals surface area (Å²) in [6.45, 7) is 2.99. The Kier molecular flexibility index (Phi) is 4.96. The fourth-order valence-corrected chi connectivity index (χ4v) is 3.14. The predicted molar refractivity (Wildman–Crippen MR) is 88.0 cm³/mol. The van der Waals surface area contributed by atoms with Gasteiger partial charge in [-0.1, -0.05) is 18.5 Å². The van der Waals surface area contributed by atoms with Gasteiger partial charge in [0.1, 0.15) is 17.5 Å². The van der Waals surface area contributed by atoms with Crippen molar-refractivity contribution in [1.82, 2.24) is 14.9 Å². The number of nitrogens with zero attached hydrogens (tertiary/aromatic N) is 2. The molecule has 24 heavy (non-hydrogen) atoms. The fraction of sp³-hybridized carbons (Fsp3) is 0.412. The zero-order valence-corrected chi connectivity index (χ0v) is 14.1. The van der Waals surface area contributed by atoms with E-state index in [4.69, 9.17) is 11.6 Å². The van der Waals surface area contributed by atoms with Gasteiger partial charge < -0.3 is 4.98 Å². The second-order valence-corrected chi connectivity index (χ2v) is 6.38. The molecule has 0 saturated heterocycles. The number of aromatic nitrogens is 2. The molecule has 0 bridgehead atoms. The Morgan fingerprint density at radius 3 is 2.92 bits per heavy atom. The van der Waals surface area contributed by atoms with Crippen LogP contribution in [0.2, 0.25) is 5.02 Å². The van der Waals surface area contributed by atoms with Crippen molar-refractivity contribution in [2.24, 2.45) is 0 Å². The zero-order valence-electron chi connectivity index (χ0n) is 13.3. The molecule has 0 amide bonds. The van der Waals surface area contributed by atoms with Crippen LogP contribution in [0, 0.1) is 11.6 Å². The predicted octanol–water partition coefficient (Wildman–Crippen LogP) is 3.21. The van der Waals surface area contributed by atoms with Crippen LogP contribution in [0.1, 0.15) is 36.0 Å². The molecule has 3 rings (SSSR count). The summed E-state index contributed by atoms with van der Waals surface area (Å²) in [5.41, 5.74) is 1.12. The molecule has 0 atom stereocenters. The van der Waals surface area contributed by atoms with Gasteiger partial charge in [0.25, 0.3) is 5.56 Å². The largest absolute Gasteiger partial charge is 0.310 e. The van der Waals surface area contributed by atoms with E-state index >= 15 is 0 Å². The maximum Gasteiger partial charge on any atom is 0.255 e. The third-order valence-electron chi connectivity index (χ3n) is 4.20. The van der Waals surface area contributed by atoms with Crippen molar-refractivity contribution in [2.75, 3.05) is 6.54 Å². The molecule has 0 spiro atoms. The minimum absolute atomic E-state index is 0.0633. The van der Waals surface area contributed by atoms with E-state index in [-0.39, 0.29) is 22.7 Å². The van der Waals surface area contributed by atoms with Crippen molar-refractivity contribution < 1.29 is 8.78 Å². The molecular weight excluding hydrogens is 336 g/mol. The Morgan fingerprint density at radius 1 is 1.38 bits per heavy atom. The van der Waals surface area contributed by atoms with Crippen LogP contribution >= 0.6 is 11.6 Å². The topological polar surface area (TPSA) is 49.0 Å². The highest BCUT2D eigenvalue weighted by Crippen LogP contribution is 2.24. The third kappa shape index (κ3) is 3.35. The molecular formula is C17H18ClF2N3O. The van der Waals surface area contributed by atoms with E-state index in [1.807, 2.05) is 11.8 Å². The lowest BCUT2D eigenvalue weighted by Gasteiger charge is -2.28. The minimum atomic E-state index is -0.743. The van der Waals surface area contributed by atoms with Crippen LogP contribution in [0.25, 0.3) is 0 Å². The van der Waals surface area contributed by atoms with E-state index < -0.39 is 11.6 Å². The first kappa shape index (κ1) is 17.0. The van der Waals surface area contributed by atoms with Gasteiger partial charge in [0.2, 0.25) is 0 Å². The molecule has 1 N–H and O–H groups in total. The quantitative estimate of drug-likeness (QED) is 0.859. The Balaban J connectivity index is 1.84. The van der Waals surface area contributed by atoms with E-state index in [2.05, 4.69) is 9.97 Å². The smallest absolute Gasteiger partial charge is 0.255 e. The van der Waals surface area contributed by atoms with Crippen molar-refractivity contribution in [3.63, 3.8) is 0 Å². The van der Waals surface area contributed by atoms with Gasteiger partial charge in [-0.25, -0.2) is 13.8 Å². The lowest BCUT2D eigenvalue weighted by molar-refractivity contribution is 0.234. The Morgan fingerprint density at radius 2 is 2.17 bits per heavy atom. The SMILES string of the molecule is CCCc1nc2c(c(=O)[nH]1)CN(Cc1c(F)ccc(Cl)c1F)CC2. The van der Waals surface area contributed by atoms with E-state index in [1.54, 1.807) is 0 Å². The van der Waals surface area contributed by atoms with Gasteiger partial charge in [0.05, 0.1) is 16.3 Å². The summed E-state index contributed by atoms with van der Waals surface area (Å²) in [4.78, 5) is 21.4. The fourth-order valence-electron chi connectivity index (χ4n) is 2.96. The van der Waals surface area contributed by atoms with Crippen LogP contribution in [-0.4, -0.2) is 21.4 Å². The summed E-state index contributed by atoms with van der Waals surface area (Å²) in [6, 6.07) is 2.36. The highest BCUT2D eigenvalue weighted by atomic mass is 35.5. The summed E-state index contributed by atoms with van der Waals surface area (Å²) in [7, 11) is 0. The maximum absolute atomic E-state index is 14.1. The number of hydrogen-bond acceptors (Lipinski definition) is 3. The standard InChI is InChI=1S/C17H18ClF2N3O/c1-2-3-15-21-14-6-7-23(9-11(14)17(24)22-15)8-10-13(19)5-4-12(18)16(10)20/h4-5H,2-3,6-9H2,1H3,(H,21,22,24). The van der Waals surface area contributed by atoms with E-state index in [0.29, 0.717) is 30.9 Å². The number of halogens is 3. The van der Waals surface area contributed by atoms with Gasteiger partial charge in [-0.2, -0.15) is 0 Å². The molecule has 128 valence electrons. The number of rotatable bonds is 4. The molecule has 0 fully saturated rings. The second kappa shape index (κ2) is 6.99. The molecule has 2 aromatic rings. The highest BCUT2D eigenvalue weighted by Gasteiger charge is 2.23. The number of aryl methyl sites for hydroxylation is 1. The van der Waals surface area contributed by atoms with Crippen molar-refractivity contribution in [3.05, 3.63) is 61.8 Å². The van der Waals surface area contributed by atoms with E-state index in [1.165, 1.54) is 6.07 Å². The Labute approximate surface area is 143 Å². The number of fused-ring (bicyclic) bond motifs is 1. The molecule has 0 aliphatic carbocycles. The van der Waals surface area contributed by atoms with Gasteiger partial charge in [-0.05, 0) is 18.6 Å². The lowest BCUT2D eigenvalue weighted by Crippen LogP contribution is -2.36. The van der Waals surface area contributed by atoms with Crippen molar-refractivity contribution in [2.45, 2.75) is 39.3 Å². The van der Waals surface area contributed by atoms with Crippen molar-refractivity contribution in [1.29, 1.82) is 0 Å². The number of aromatic amines is 1. The molecule has 0 saturated carbocycles. The monoisotopic (exact) mass is 353 g/mol. The van der Waals surface area contributed by atoms with Crippen molar-refractivity contribution in [3.8, 4) is 0 Å². The molecule has 4 nitrogen and oxygen atoms in total. The summed E-state index contributed by atoms with van der Waals surface area (Å²) in [5, 5.41) is -0.104. The average Bonchev–Trinajstić information content (AvgIpc) is 2.56. The van der Waals surface area contributed by atoms with Crippen LogP contribution in [0.15, 0.2) is 16.9 Å². The number of nitrogens with one attached hydrogen (secondary N) is 1. The number of H-pyrrole nitrogens is 1. The first-order chi connectivity index (χ1) is 11.5. The van der Waals surface area contributed by atoms with Crippen LogP contribution in [0.5, 0.6) is 0 Å².